The average Bonchev–Trinajstić information content (AvgIpc) is 2.34. The number of piperidine rings is 1. The second-order valence-corrected chi connectivity index (χ2v) is 5.12. The maximum atomic E-state index is 10.6. The molecular formula is C13H25NO3. The number of methoxy groups -OCH3 is 1. The minimum Gasteiger partial charge on any atom is -0.481 e. The molecule has 3 atom stereocenters. The first-order valence-corrected chi connectivity index (χ1v) is 6.53. The number of likely N-dealkylation sites (tertiary alicyclic amines) is 1. The number of ether oxygens (including phenoxy) is 1. The van der Waals surface area contributed by atoms with Crippen LogP contribution >= 0.6 is 0 Å². The molecule has 1 fully saturated rings. The predicted molar refractivity (Wildman–Crippen MR) is 67.1 cm³/mol. The first-order valence-electron chi connectivity index (χ1n) is 6.53. The van der Waals surface area contributed by atoms with Gasteiger partial charge in [0.2, 0.25) is 0 Å². The molecule has 0 amide bonds. The molecule has 100 valence electrons. The van der Waals surface area contributed by atoms with Crippen molar-refractivity contribution in [3.8, 4) is 0 Å². The zero-order valence-corrected chi connectivity index (χ0v) is 11.2. The third-order valence-electron chi connectivity index (χ3n) is 3.94. The van der Waals surface area contributed by atoms with Gasteiger partial charge < -0.3 is 9.84 Å². The number of carboxylic acid groups (broad SMARTS) is 1. The van der Waals surface area contributed by atoms with Gasteiger partial charge in [0.05, 0.1) is 6.10 Å². The highest BCUT2D eigenvalue weighted by molar-refractivity contribution is 5.66. The molecular weight excluding hydrogens is 218 g/mol. The summed E-state index contributed by atoms with van der Waals surface area (Å²) in [5.41, 5.74) is 0. The van der Waals surface area contributed by atoms with Gasteiger partial charge in [0.15, 0.2) is 0 Å². The fourth-order valence-electron chi connectivity index (χ4n) is 2.52. The van der Waals surface area contributed by atoms with Gasteiger partial charge in [0, 0.05) is 26.1 Å². The number of nitrogens with zero attached hydrogens (tertiary/aromatic N) is 1. The monoisotopic (exact) mass is 243 g/mol. The summed E-state index contributed by atoms with van der Waals surface area (Å²) in [5.74, 6) is -0.146. The van der Waals surface area contributed by atoms with E-state index in [9.17, 15) is 4.79 Å². The van der Waals surface area contributed by atoms with Crippen molar-refractivity contribution in [3.63, 3.8) is 0 Å². The Hall–Kier alpha value is -0.610. The number of carboxylic acids is 1. The van der Waals surface area contributed by atoms with Crippen molar-refractivity contribution >= 4 is 5.97 Å². The van der Waals surface area contributed by atoms with Crippen molar-refractivity contribution in [1.82, 2.24) is 4.90 Å². The van der Waals surface area contributed by atoms with Crippen molar-refractivity contribution in [1.29, 1.82) is 0 Å². The van der Waals surface area contributed by atoms with Crippen LogP contribution in [0.3, 0.4) is 0 Å². The highest BCUT2D eigenvalue weighted by atomic mass is 16.5. The molecule has 3 unspecified atom stereocenters. The number of aliphatic carboxylic acids is 1. The van der Waals surface area contributed by atoms with E-state index in [0.29, 0.717) is 18.4 Å². The zero-order valence-electron chi connectivity index (χ0n) is 11.2. The third kappa shape index (κ3) is 4.64. The van der Waals surface area contributed by atoms with E-state index in [1.165, 1.54) is 6.42 Å². The highest BCUT2D eigenvalue weighted by Crippen LogP contribution is 2.23. The van der Waals surface area contributed by atoms with Crippen LogP contribution in [-0.4, -0.2) is 48.3 Å². The van der Waals surface area contributed by atoms with Crippen LogP contribution in [0.15, 0.2) is 0 Å². The molecule has 1 aliphatic rings. The predicted octanol–water partition coefficient (Wildman–Crippen LogP) is 1.99. The summed E-state index contributed by atoms with van der Waals surface area (Å²) in [6.45, 7) is 6.40. The van der Waals surface area contributed by atoms with E-state index < -0.39 is 5.97 Å². The lowest BCUT2D eigenvalue weighted by atomic mass is 9.92. The molecule has 0 aromatic carbocycles. The van der Waals surface area contributed by atoms with Gasteiger partial charge in [-0.3, -0.25) is 9.69 Å². The maximum absolute atomic E-state index is 10.6. The van der Waals surface area contributed by atoms with Crippen molar-refractivity contribution in [3.05, 3.63) is 0 Å². The summed E-state index contributed by atoms with van der Waals surface area (Å²) in [6, 6.07) is 0.410. The smallest absolute Gasteiger partial charge is 0.303 e. The second kappa shape index (κ2) is 6.97. The highest BCUT2D eigenvalue weighted by Gasteiger charge is 2.26. The summed E-state index contributed by atoms with van der Waals surface area (Å²) < 4.78 is 5.36. The molecule has 0 bridgehead atoms. The number of hydrogen-bond donors (Lipinski definition) is 1. The Morgan fingerprint density at radius 1 is 1.53 bits per heavy atom. The van der Waals surface area contributed by atoms with Gasteiger partial charge in [-0.2, -0.15) is 0 Å². The molecule has 1 heterocycles. The van der Waals surface area contributed by atoms with Crippen LogP contribution in [0, 0.1) is 5.92 Å². The molecule has 1 saturated heterocycles. The molecule has 0 spiro atoms. The average molecular weight is 243 g/mol. The molecule has 1 aliphatic heterocycles. The van der Waals surface area contributed by atoms with Gasteiger partial charge in [-0.05, 0) is 45.6 Å². The zero-order chi connectivity index (χ0) is 12.8. The number of hydrogen-bond acceptors (Lipinski definition) is 3. The quantitative estimate of drug-likeness (QED) is 0.775. The van der Waals surface area contributed by atoms with Gasteiger partial charge in [0.25, 0.3) is 0 Å². The van der Waals surface area contributed by atoms with Crippen LogP contribution < -0.4 is 0 Å². The molecule has 1 N–H and O–H groups in total. The minimum absolute atomic E-state index is 0.230. The Kier molecular flexibility index (Phi) is 5.92. The SMILES string of the molecule is COC(C)C(C)N1CCCC(CCC(=O)O)C1. The van der Waals surface area contributed by atoms with Crippen LogP contribution in [0.5, 0.6) is 0 Å². The van der Waals surface area contributed by atoms with Crippen LogP contribution in [0.4, 0.5) is 0 Å². The second-order valence-electron chi connectivity index (χ2n) is 5.12. The molecule has 4 nitrogen and oxygen atoms in total. The Bertz CT molecular complexity index is 245. The van der Waals surface area contributed by atoms with Gasteiger partial charge in [-0.15, -0.1) is 0 Å². The Morgan fingerprint density at radius 2 is 2.24 bits per heavy atom. The van der Waals surface area contributed by atoms with Crippen molar-refractivity contribution < 1.29 is 14.6 Å². The lowest BCUT2D eigenvalue weighted by Gasteiger charge is -2.38. The molecule has 1 rings (SSSR count). The fraction of sp³-hybridized carbons (Fsp3) is 0.923. The Morgan fingerprint density at radius 3 is 2.82 bits per heavy atom. The summed E-state index contributed by atoms with van der Waals surface area (Å²) in [6.07, 6.45) is 3.67. The lowest BCUT2D eigenvalue weighted by Crippen LogP contribution is -2.46. The minimum atomic E-state index is -0.680. The fourth-order valence-corrected chi connectivity index (χ4v) is 2.52. The van der Waals surface area contributed by atoms with Crippen LogP contribution in [0.2, 0.25) is 0 Å². The van der Waals surface area contributed by atoms with Crippen molar-refractivity contribution in [2.45, 2.75) is 51.7 Å². The van der Waals surface area contributed by atoms with E-state index in [1.54, 1.807) is 7.11 Å². The van der Waals surface area contributed by atoms with Crippen molar-refractivity contribution in [2.75, 3.05) is 20.2 Å². The van der Waals surface area contributed by atoms with Gasteiger partial charge in [-0.1, -0.05) is 0 Å². The van der Waals surface area contributed by atoms with Gasteiger partial charge in [-0.25, -0.2) is 0 Å². The van der Waals surface area contributed by atoms with Crippen LogP contribution in [0.1, 0.15) is 39.5 Å². The van der Waals surface area contributed by atoms with E-state index in [-0.39, 0.29) is 6.10 Å². The molecule has 0 aliphatic carbocycles. The van der Waals surface area contributed by atoms with E-state index in [0.717, 1.165) is 25.9 Å². The number of carbonyl (C=O) groups is 1. The molecule has 0 saturated carbocycles. The first-order chi connectivity index (χ1) is 8.04. The largest absolute Gasteiger partial charge is 0.481 e. The van der Waals surface area contributed by atoms with E-state index in [4.69, 9.17) is 9.84 Å². The Labute approximate surface area is 104 Å². The van der Waals surface area contributed by atoms with E-state index in [1.807, 2.05) is 0 Å². The third-order valence-corrected chi connectivity index (χ3v) is 3.94. The van der Waals surface area contributed by atoms with Gasteiger partial charge >= 0.3 is 5.97 Å². The summed E-state index contributed by atoms with van der Waals surface area (Å²) in [7, 11) is 1.74. The van der Waals surface area contributed by atoms with E-state index >= 15 is 0 Å². The normalized spacial score (nSPS) is 25.5. The molecule has 0 aromatic rings. The van der Waals surface area contributed by atoms with E-state index in [2.05, 4.69) is 18.7 Å². The topological polar surface area (TPSA) is 49.8 Å². The molecule has 0 aromatic heterocycles. The van der Waals surface area contributed by atoms with Crippen LogP contribution in [0.25, 0.3) is 0 Å². The maximum Gasteiger partial charge on any atom is 0.303 e. The van der Waals surface area contributed by atoms with Crippen LogP contribution in [-0.2, 0) is 9.53 Å². The molecule has 4 heteroatoms. The van der Waals surface area contributed by atoms with Gasteiger partial charge in [0.1, 0.15) is 0 Å². The standard InChI is InChI=1S/C13H25NO3/c1-10(11(2)17-3)14-8-4-5-12(9-14)6-7-13(15)16/h10-12H,4-9H2,1-3H3,(H,15,16). The van der Waals surface area contributed by atoms with Crippen molar-refractivity contribution in [2.24, 2.45) is 5.92 Å². The summed E-state index contributed by atoms with van der Waals surface area (Å²) in [4.78, 5) is 13.0. The summed E-state index contributed by atoms with van der Waals surface area (Å²) in [5, 5.41) is 8.71. The Balaban J connectivity index is 2.40. The summed E-state index contributed by atoms with van der Waals surface area (Å²) >= 11 is 0. The lowest BCUT2D eigenvalue weighted by molar-refractivity contribution is -0.137. The molecule has 17 heavy (non-hydrogen) atoms. The molecule has 0 radical (unpaired) electrons. The number of rotatable bonds is 6. The first kappa shape index (κ1) is 14.5.